The first-order valence-corrected chi connectivity index (χ1v) is 7.29. The molecule has 1 saturated heterocycles. The molecule has 0 unspecified atom stereocenters. The molecular weight excluding hydrogens is 304 g/mol. The van der Waals surface area contributed by atoms with Gasteiger partial charge in [-0.25, -0.2) is 18.7 Å². The van der Waals surface area contributed by atoms with Crippen LogP contribution in [-0.2, 0) is 4.74 Å². The quantitative estimate of drug-likeness (QED) is 0.872. The second-order valence-corrected chi connectivity index (χ2v) is 5.21. The lowest BCUT2D eigenvalue weighted by Crippen LogP contribution is -2.44. The van der Waals surface area contributed by atoms with Crippen LogP contribution in [0, 0.1) is 11.6 Å². The molecule has 0 bridgehead atoms. The van der Waals surface area contributed by atoms with Gasteiger partial charge < -0.3 is 4.74 Å². The first kappa shape index (κ1) is 15.5. The first-order valence-electron chi connectivity index (χ1n) is 7.29. The molecule has 0 saturated carbocycles. The van der Waals surface area contributed by atoms with Gasteiger partial charge >= 0.3 is 0 Å². The van der Waals surface area contributed by atoms with E-state index in [0.29, 0.717) is 31.9 Å². The summed E-state index contributed by atoms with van der Waals surface area (Å²) >= 11 is 0. The number of carbonyl (C=O) groups is 1. The number of hydrogen-bond donors (Lipinski definition) is 0. The van der Waals surface area contributed by atoms with E-state index in [4.69, 9.17) is 4.74 Å². The van der Waals surface area contributed by atoms with Crippen LogP contribution in [0.25, 0.3) is 0 Å². The third-order valence-corrected chi connectivity index (χ3v) is 3.68. The van der Waals surface area contributed by atoms with Crippen LogP contribution >= 0.6 is 0 Å². The van der Waals surface area contributed by atoms with E-state index < -0.39 is 17.5 Å². The molecule has 0 aromatic carbocycles. The van der Waals surface area contributed by atoms with Crippen LogP contribution in [0.4, 0.5) is 14.6 Å². The maximum absolute atomic E-state index is 13.1. The highest BCUT2D eigenvalue weighted by molar-refractivity contribution is 6.04. The molecular formula is C16H15F2N3O2. The summed E-state index contributed by atoms with van der Waals surface area (Å²) in [6.45, 7) is 1.07. The van der Waals surface area contributed by atoms with Crippen molar-refractivity contribution in [1.82, 2.24) is 9.97 Å². The smallest absolute Gasteiger partial charge is 0.278 e. The van der Waals surface area contributed by atoms with Crippen molar-refractivity contribution in [3.8, 4) is 0 Å². The fourth-order valence-electron chi connectivity index (χ4n) is 2.54. The predicted molar refractivity (Wildman–Crippen MR) is 79.0 cm³/mol. The van der Waals surface area contributed by atoms with Crippen molar-refractivity contribution >= 4 is 11.7 Å². The molecule has 0 radical (unpaired) electrons. The van der Waals surface area contributed by atoms with Gasteiger partial charge in [-0.15, -0.1) is 0 Å². The summed E-state index contributed by atoms with van der Waals surface area (Å²) in [7, 11) is 0. The van der Waals surface area contributed by atoms with E-state index in [1.54, 1.807) is 0 Å². The number of anilines is 1. The summed E-state index contributed by atoms with van der Waals surface area (Å²) < 4.78 is 31.5. The van der Waals surface area contributed by atoms with Gasteiger partial charge in [0.15, 0.2) is 0 Å². The Balaban J connectivity index is 1.94. The second kappa shape index (κ2) is 6.78. The van der Waals surface area contributed by atoms with Gasteiger partial charge in [0.05, 0.1) is 12.4 Å². The number of ether oxygens (including phenoxy) is 1. The molecule has 2 aromatic rings. The molecule has 0 atom stereocenters. The van der Waals surface area contributed by atoms with Gasteiger partial charge in [0, 0.05) is 19.3 Å². The molecule has 3 rings (SSSR count). The van der Waals surface area contributed by atoms with Crippen LogP contribution in [0.2, 0.25) is 0 Å². The zero-order valence-corrected chi connectivity index (χ0v) is 12.3. The molecule has 1 fully saturated rings. The third kappa shape index (κ3) is 3.50. The number of amides is 1. The zero-order valence-electron chi connectivity index (χ0n) is 12.3. The Labute approximate surface area is 131 Å². The largest absolute Gasteiger partial charge is 0.381 e. The van der Waals surface area contributed by atoms with Crippen LogP contribution in [0.1, 0.15) is 23.3 Å². The normalized spacial score (nSPS) is 15.4. The Kier molecular flexibility index (Phi) is 4.57. The summed E-state index contributed by atoms with van der Waals surface area (Å²) in [4.78, 5) is 22.1. The molecule has 23 heavy (non-hydrogen) atoms. The summed E-state index contributed by atoms with van der Waals surface area (Å²) in [5.41, 5.74) is 0.115. The van der Waals surface area contributed by atoms with E-state index in [1.165, 1.54) is 29.2 Å². The number of hydrogen-bond acceptors (Lipinski definition) is 4. The highest BCUT2D eigenvalue weighted by Gasteiger charge is 2.29. The first-order chi connectivity index (χ1) is 11.1. The highest BCUT2D eigenvalue weighted by atomic mass is 19.1. The second-order valence-electron chi connectivity index (χ2n) is 5.21. The van der Waals surface area contributed by atoms with E-state index >= 15 is 0 Å². The lowest BCUT2D eigenvalue weighted by atomic mass is 10.1. The van der Waals surface area contributed by atoms with Gasteiger partial charge in [-0.3, -0.25) is 9.69 Å². The number of halogens is 2. The molecule has 0 aliphatic carbocycles. The molecule has 1 aliphatic rings. The van der Waals surface area contributed by atoms with Gasteiger partial charge in [0.1, 0.15) is 23.1 Å². The highest BCUT2D eigenvalue weighted by Crippen LogP contribution is 2.23. The Morgan fingerprint density at radius 3 is 2.26 bits per heavy atom. The Hall–Kier alpha value is -2.41. The Bertz CT molecular complexity index is 671. The maximum Gasteiger partial charge on any atom is 0.278 e. The summed E-state index contributed by atoms with van der Waals surface area (Å²) in [6, 6.07) is 5.08. The van der Waals surface area contributed by atoms with Gasteiger partial charge in [0.2, 0.25) is 0 Å². The lowest BCUT2D eigenvalue weighted by molar-refractivity contribution is 0.0768. The number of nitrogens with zero attached hydrogens (tertiary/aromatic N) is 3. The van der Waals surface area contributed by atoms with E-state index in [9.17, 15) is 13.6 Å². The predicted octanol–water partition coefficient (Wildman–Crippen LogP) is 2.58. The van der Waals surface area contributed by atoms with Crippen molar-refractivity contribution in [2.45, 2.75) is 18.9 Å². The van der Waals surface area contributed by atoms with Crippen LogP contribution < -0.4 is 4.90 Å². The van der Waals surface area contributed by atoms with Crippen molar-refractivity contribution in [2.75, 3.05) is 18.1 Å². The summed E-state index contributed by atoms with van der Waals surface area (Å²) in [5.74, 6) is -1.04. The summed E-state index contributed by atoms with van der Waals surface area (Å²) in [6.07, 6.45) is 3.35. The van der Waals surface area contributed by atoms with Crippen molar-refractivity contribution < 1.29 is 18.3 Å². The molecule has 120 valence electrons. The van der Waals surface area contributed by atoms with Crippen molar-refractivity contribution in [3.05, 3.63) is 54.0 Å². The number of aromatic nitrogens is 2. The molecule has 5 nitrogen and oxygen atoms in total. The average molecular weight is 319 g/mol. The number of pyridine rings is 2. The Morgan fingerprint density at radius 2 is 1.70 bits per heavy atom. The molecule has 0 N–H and O–H groups in total. The van der Waals surface area contributed by atoms with E-state index in [-0.39, 0.29) is 11.7 Å². The molecule has 0 spiro atoms. The minimum atomic E-state index is -0.515. The third-order valence-electron chi connectivity index (χ3n) is 3.68. The Morgan fingerprint density at radius 1 is 1.04 bits per heavy atom. The lowest BCUT2D eigenvalue weighted by Gasteiger charge is -2.33. The van der Waals surface area contributed by atoms with Gasteiger partial charge in [-0.2, -0.15) is 0 Å². The van der Waals surface area contributed by atoms with Gasteiger partial charge in [0.25, 0.3) is 5.91 Å². The number of rotatable bonds is 3. The SMILES string of the molecule is O=C(c1ccc(F)cn1)N(c1ccc(F)cn1)C1CCOCC1. The van der Waals surface area contributed by atoms with Crippen molar-refractivity contribution in [3.63, 3.8) is 0 Å². The molecule has 7 heteroatoms. The zero-order chi connectivity index (χ0) is 16.2. The monoisotopic (exact) mass is 319 g/mol. The minimum Gasteiger partial charge on any atom is -0.381 e. The van der Waals surface area contributed by atoms with Gasteiger partial charge in [-0.1, -0.05) is 0 Å². The van der Waals surface area contributed by atoms with E-state index in [2.05, 4.69) is 9.97 Å². The fourth-order valence-corrected chi connectivity index (χ4v) is 2.54. The molecule has 1 amide bonds. The van der Waals surface area contributed by atoms with E-state index in [1.807, 2.05) is 0 Å². The van der Waals surface area contributed by atoms with Crippen LogP contribution in [-0.4, -0.2) is 35.1 Å². The van der Waals surface area contributed by atoms with Crippen LogP contribution in [0.3, 0.4) is 0 Å². The number of carbonyl (C=O) groups excluding carboxylic acids is 1. The van der Waals surface area contributed by atoms with Crippen molar-refractivity contribution in [2.24, 2.45) is 0 Å². The molecule has 1 aliphatic heterocycles. The minimum absolute atomic E-state index is 0.115. The standard InChI is InChI=1S/C16H15F2N3O2/c17-11-1-3-14(19-9-11)16(22)21(13-5-7-23-8-6-13)15-4-2-12(18)10-20-15/h1-4,9-10,13H,5-8H2. The van der Waals surface area contributed by atoms with Crippen LogP contribution in [0.15, 0.2) is 36.7 Å². The maximum atomic E-state index is 13.1. The molecule has 3 heterocycles. The summed E-state index contributed by atoms with van der Waals surface area (Å²) in [5, 5.41) is 0. The van der Waals surface area contributed by atoms with Crippen molar-refractivity contribution in [1.29, 1.82) is 0 Å². The van der Waals surface area contributed by atoms with Crippen LogP contribution in [0.5, 0.6) is 0 Å². The average Bonchev–Trinajstić information content (AvgIpc) is 2.58. The van der Waals surface area contributed by atoms with E-state index in [0.717, 1.165) is 12.4 Å². The topological polar surface area (TPSA) is 55.3 Å². The molecule has 2 aromatic heterocycles. The van der Waals surface area contributed by atoms with Gasteiger partial charge in [-0.05, 0) is 37.1 Å². The fraction of sp³-hybridized carbons (Fsp3) is 0.312.